The number of benzene rings is 1. The number of hydrogen-bond donors (Lipinski definition) is 0. The Kier molecular flexibility index (Phi) is 3.51. The largest absolute Gasteiger partial charge is 0.239 e. The number of hydrogen-bond acceptors (Lipinski definition) is 1. The molecule has 1 atom stereocenters. The van der Waals surface area contributed by atoms with Crippen LogP contribution in [0.15, 0.2) is 39.6 Å². The molecule has 1 aromatic carbocycles. The zero-order valence-corrected chi connectivity index (χ0v) is 9.69. The summed E-state index contributed by atoms with van der Waals surface area (Å²) in [6.07, 6.45) is 0. The van der Waals surface area contributed by atoms with Crippen molar-refractivity contribution < 1.29 is 0 Å². The molecule has 1 nitrogen and oxygen atoms in total. The monoisotopic (exact) mass is 215 g/mol. The summed E-state index contributed by atoms with van der Waals surface area (Å²) in [5, 5.41) is 0. The van der Waals surface area contributed by atoms with Gasteiger partial charge < -0.3 is 0 Å². The second-order valence-electron chi connectivity index (χ2n) is 3.81. The predicted octanol–water partition coefficient (Wildman–Crippen LogP) is 3.80. The van der Waals surface area contributed by atoms with Crippen LogP contribution in [0, 0.1) is 0 Å². The molecule has 0 fully saturated rings. The van der Waals surface area contributed by atoms with Crippen LogP contribution in [0.5, 0.6) is 0 Å². The van der Waals surface area contributed by atoms with E-state index < -0.39 is 9.90 Å². The molecule has 0 aliphatic carbocycles. The first-order chi connectivity index (χ1) is 5.99. The minimum atomic E-state index is -0.506. The lowest BCUT2D eigenvalue weighted by Crippen LogP contribution is -2.09. The standard InChI is InChI=1S/C10H14ClNS/c1-10(2,3)12-13(11)9-7-5-4-6-8-9/h4-8H,1-3H3/t13-/m0/s1. The molecular weight excluding hydrogens is 202 g/mol. The van der Waals surface area contributed by atoms with Gasteiger partial charge in [-0.15, -0.1) is 0 Å². The third-order valence-electron chi connectivity index (χ3n) is 1.29. The molecule has 0 N–H and O–H groups in total. The molecule has 3 heteroatoms. The molecule has 72 valence electrons. The molecule has 0 aromatic heterocycles. The molecule has 0 aliphatic rings. The van der Waals surface area contributed by atoms with Crippen LogP contribution in [-0.4, -0.2) is 5.54 Å². The van der Waals surface area contributed by atoms with Gasteiger partial charge in [-0.1, -0.05) is 18.2 Å². The molecule has 0 saturated heterocycles. The summed E-state index contributed by atoms with van der Waals surface area (Å²) in [6, 6.07) is 9.96. The Morgan fingerprint density at radius 3 is 2.15 bits per heavy atom. The smallest absolute Gasteiger partial charge is 0.0609 e. The van der Waals surface area contributed by atoms with Crippen LogP contribution in [0.2, 0.25) is 0 Å². The first-order valence-corrected chi connectivity index (χ1v) is 6.18. The van der Waals surface area contributed by atoms with Crippen molar-refractivity contribution in [3.63, 3.8) is 0 Å². The molecule has 1 aromatic rings. The maximum atomic E-state index is 6.15. The first kappa shape index (κ1) is 10.7. The van der Waals surface area contributed by atoms with Crippen molar-refractivity contribution in [2.75, 3.05) is 0 Å². The summed E-state index contributed by atoms with van der Waals surface area (Å²) < 4.78 is 4.47. The zero-order chi connectivity index (χ0) is 9.90. The molecule has 0 radical (unpaired) electrons. The molecule has 0 unspecified atom stereocenters. The van der Waals surface area contributed by atoms with E-state index in [0.717, 1.165) is 4.90 Å². The summed E-state index contributed by atoms with van der Waals surface area (Å²) in [7, 11) is 5.65. The van der Waals surface area contributed by atoms with E-state index in [1.54, 1.807) is 0 Å². The molecule has 0 aliphatic heterocycles. The molecular formula is C10H14ClNS. The van der Waals surface area contributed by atoms with E-state index in [1.165, 1.54) is 0 Å². The topological polar surface area (TPSA) is 12.4 Å². The number of rotatable bonds is 1. The Labute approximate surface area is 86.7 Å². The summed E-state index contributed by atoms with van der Waals surface area (Å²) in [6.45, 7) is 6.16. The van der Waals surface area contributed by atoms with Crippen LogP contribution >= 0.6 is 10.7 Å². The average Bonchev–Trinajstić information content (AvgIpc) is 2.03. The third kappa shape index (κ3) is 3.92. The molecule has 0 heterocycles. The van der Waals surface area contributed by atoms with Gasteiger partial charge in [0, 0.05) is 14.8 Å². The van der Waals surface area contributed by atoms with Gasteiger partial charge in [-0.05, 0) is 43.6 Å². The van der Waals surface area contributed by atoms with Crippen LogP contribution in [0.3, 0.4) is 0 Å². The lowest BCUT2D eigenvalue weighted by molar-refractivity contribution is 0.593. The van der Waals surface area contributed by atoms with Crippen molar-refractivity contribution >= 4 is 20.6 Å². The van der Waals surface area contributed by atoms with Gasteiger partial charge in [-0.3, -0.25) is 0 Å². The minimum absolute atomic E-state index is 0.0687. The fraction of sp³-hybridized carbons (Fsp3) is 0.400. The second-order valence-corrected chi connectivity index (χ2v) is 5.82. The maximum absolute atomic E-state index is 6.15. The SMILES string of the molecule is CC(C)(C)N=[S@](Cl)c1ccccc1. The van der Waals surface area contributed by atoms with E-state index in [1.807, 2.05) is 30.3 Å². The highest BCUT2D eigenvalue weighted by Gasteiger charge is 2.08. The van der Waals surface area contributed by atoms with Crippen molar-refractivity contribution in [2.24, 2.45) is 4.36 Å². The van der Waals surface area contributed by atoms with Gasteiger partial charge >= 0.3 is 0 Å². The zero-order valence-electron chi connectivity index (χ0n) is 8.12. The fourth-order valence-corrected chi connectivity index (χ4v) is 2.72. The molecule has 0 bridgehead atoms. The van der Waals surface area contributed by atoms with E-state index in [9.17, 15) is 0 Å². The van der Waals surface area contributed by atoms with Gasteiger partial charge in [0.2, 0.25) is 0 Å². The third-order valence-corrected chi connectivity index (χ3v) is 3.40. The Bertz CT molecular complexity index is 300. The highest BCUT2D eigenvalue weighted by Crippen LogP contribution is 2.18. The quantitative estimate of drug-likeness (QED) is 0.676. The van der Waals surface area contributed by atoms with Gasteiger partial charge in [0.25, 0.3) is 0 Å². The minimum Gasteiger partial charge on any atom is -0.239 e. The maximum Gasteiger partial charge on any atom is 0.0609 e. The molecule has 1 rings (SSSR count). The lowest BCUT2D eigenvalue weighted by Gasteiger charge is -2.12. The van der Waals surface area contributed by atoms with Crippen molar-refractivity contribution in [1.82, 2.24) is 0 Å². The molecule has 0 saturated carbocycles. The number of nitrogens with zero attached hydrogens (tertiary/aromatic N) is 1. The summed E-state index contributed by atoms with van der Waals surface area (Å²) in [5.41, 5.74) is -0.0687. The fourth-order valence-electron chi connectivity index (χ4n) is 0.826. The van der Waals surface area contributed by atoms with E-state index in [0.29, 0.717) is 0 Å². The predicted molar refractivity (Wildman–Crippen MR) is 60.1 cm³/mol. The molecule has 13 heavy (non-hydrogen) atoms. The van der Waals surface area contributed by atoms with Crippen LogP contribution < -0.4 is 0 Å². The van der Waals surface area contributed by atoms with E-state index >= 15 is 0 Å². The van der Waals surface area contributed by atoms with Crippen LogP contribution in [0.25, 0.3) is 0 Å². The summed E-state index contributed by atoms with van der Waals surface area (Å²) in [5.74, 6) is 0. The Hall–Kier alpha value is -0.340. The Morgan fingerprint density at radius 2 is 1.69 bits per heavy atom. The van der Waals surface area contributed by atoms with Crippen LogP contribution in [0.1, 0.15) is 20.8 Å². The highest BCUT2D eigenvalue weighted by molar-refractivity contribution is 8.10. The Balaban J connectivity index is 2.92. The van der Waals surface area contributed by atoms with Crippen LogP contribution in [-0.2, 0) is 9.90 Å². The Morgan fingerprint density at radius 1 is 1.15 bits per heavy atom. The van der Waals surface area contributed by atoms with E-state index in [2.05, 4.69) is 25.1 Å². The lowest BCUT2D eigenvalue weighted by atomic mass is 10.1. The number of halogens is 1. The van der Waals surface area contributed by atoms with Crippen LogP contribution in [0.4, 0.5) is 0 Å². The van der Waals surface area contributed by atoms with Gasteiger partial charge in [-0.2, -0.15) is 0 Å². The van der Waals surface area contributed by atoms with Crippen molar-refractivity contribution in [3.05, 3.63) is 30.3 Å². The summed E-state index contributed by atoms with van der Waals surface area (Å²) in [4.78, 5) is 1.08. The average molecular weight is 216 g/mol. The second kappa shape index (κ2) is 4.25. The van der Waals surface area contributed by atoms with Gasteiger partial charge in [0.15, 0.2) is 0 Å². The van der Waals surface area contributed by atoms with Gasteiger partial charge in [0.05, 0.1) is 5.54 Å². The molecule has 0 amide bonds. The van der Waals surface area contributed by atoms with Gasteiger partial charge in [-0.25, -0.2) is 4.36 Å². The van der Waals surface area contributed by atoms with E-state index in [4.69, 9.17) is 10.7 Å². The first-order valence-electron chi connectivity index (χ1n) is 4.18. The summed E-state index contributed by atoms with van der Waals surface area (Å²) >= 11 is 0. The van der Waals surface area contributed by atoms with Crippen molar-refractivity contribution in [1.29, 1.82) is 0 Å². The highest BCUT2D eigenvalue weighted by atomic mass is 35.7. The normalized spacial score (nSPS) is 14.5. The van der Waals surface area contributed by atoms with Crippen molar-refractivity contribution in [2.45, 2.75) is 31.2 Å². The van der Waals surface area contributed by atoms with Crippen molar-refractivity contribution in [3.8, 4) is 0 Å². The van der Waals surface area contributed by atoms with Gasteiger partial charge in [0.1, 0.15) is 0 Å². The molecule has 0 spiro atoms. The van der Waals surface area contributed by atoms with E-state index in [-0.39, 0.29) is 5.54 Å².